The van der Waals surface area contributed by atoms with E-state index < -0.39 is 0 Å². The van der Waals surface area contributed by atoms with Crippen molar-refractivity contribution in [2.75, 3.05) is 5.32 Å². The Hall–Kier alpha value is -2.63. The Labute approximate surface area is 109 Å². The van der Waals surface area contributed by atoms with Crippen LogP contribution in [0.4, 0.5) is 5.69 Å². The molecular formula is C13H13N5O. The van der Waals surface area contributed by atoms with E-state index in [1.807, 2.05) is 30.3 Å². The number of nitrogens with one attached hydrogen (secondary N) is 2. The molecule has 0 aliphatic heterocycles. The van der Waals surface area contributed by atoms with E-state index >= 15 is 0 Å². The van der Waals surface area contributed by atoms with Gasteiger partial charge in [-0.3, -0.25) is 5.10 Å². The summed E-state index contributed by atoms with van der Waals surface area (Å²) >= 11 is 0. The Kier molecular flexibility index (Phi) is 2.97. The van der Waals surface area contributed by atoms with E-state index in [9.17, 15) is 0 Å². The molecule has 6 heteroatoms. The highest BCUT2D eigenvalue weighted by atomic mass is 16.4. The number of aromatic amines is 1. The molecule has 0 bridgehead atoms. The van der Waals surface area contributed by atoms with Gasteiger partial charge in [-0.25, -0.2) is 0 Å². The number of aromatic nitrogens is 4. The summed E-state index contributed by atoms with van der Waals surface area (Å²) in [6.45, 7) is 2.07. The number of hydrogen-bond acceptors (Lipinski definition) is 5. The summed E-state index contributed by atoms with van der Waals surface area (Å²) in [6, 6.07) is 9.95. The zero-order valence-electron chi connectivity index (χ0n) is 10.4. The molecule has 0 saturated heterocycles. The molecule has 0 spiro atoms. The fourth-order valence-electron chi connectivity index (χ4n) is 1.84. The van der Waals surface area contributed by atoms with Crippen molar-refractivity contribution < 1.29 is 4.42 Å². The van der Waals surface area contributed by atoms with E-state index in [-0.39, 0.29) is 6.04 Å². The largest absolute Gasteiger partial charge is 0.423 e. The van der Waals surface area contributed by atoms with E-state index in [0.29, 0.717) is 5.89 Å². The van der Waals surface area contributed by atoms with Crippen molar-refractivity contribution in [2.24, 2.45) is 0 Å². The maximum Gasteiger partial charge on any atom is 0.247 e. The van der Waals surface area contributed by atoms with Gasteiger partial charge in [-0.05, 0) is 37.3 Å². The van der Waals surface area contributed by atoms with Gasteiger partial charge in [-0.2, -0.15) is 5.10 Å². The minimum atomic E-state index is 0.164. The number of hydrogen-bond donors (Lipinski definition) is 2. The van der Waals surface area contributed by atoms with Gasteiger partial charge >= 0.3 is 0 Å². The molecule has 0 amide bonds. The second kappa shape index (κ2) is 4.93. The standard InChI is InChI=1S/C13H13N5O/c1-9(12-6-7-14-17-12)16-11-4-2-10(3-5-11)13-18-15-8-19-13/h2-9,16H,1H3,(H,14,17). The summed E-state index contributed by atoms with van der Waals surface area (Å²) in [6.07, 6.45) is 3.06. The van der Waals surface area contributed by atoms with Crippen LogP contribution >= 0.6 is 0 Å². The minimum absolute atomic E-state index is 0.164. The third-order valence-electron chi connectivity index (χ3n) is 2.86. The molecule has 0 aliphatic rings. The number of rotatable bonds is 4. The summed E-state index contributed by atoms with van der Waals surface area (Å²) in [4.78, 5) is 0. The molecule has 1 atom stereocenters. The molecule has 96 valence electrons. The number of nitrogens with zero attached hydrogens (tertiary/aromatic N) is 3. The predicted octanol–water partition coefficient (Wildman–Crippen LogP) is 2.63. The molecule has 3 rings (SSSR count). The van der Waals surface area contributed by atoms with Crippen LogP contribution in [0.5, 0.6) is 0 Å². The van der Waals surface area contributed by atoms with Gasteiger partial charge in [-0.15, -0.1) is 10.2 Å². The maximum absolute atomic E-state index is 5.14. The van der Waals surface area contributed by atoms with Gasteiger partial charge in [-0.1, -0.05) is 0 Å². The quantitative estimate of drug-likeness (QED) is 0.749. The Balaban J connectivity index is 1.73. The van der Waals surface area contributed by atoms with Crippen LogP contribution in [0.1, 0.15) is 18.7 Å². The zero-order chi connectivity index (χ0) is 13.1. The molecule has 1 aromatic carbocycles. The average molecular weight is 255 g/mol. The molecular weight excluding hydrogens is 242 g/mol. The molecule has 1 unspecified atom stereocenters. The van der Waals surface area contributed by atoms with Gasteiger partial charge in [0.15, 0.2) is 0 Å². The first-order valence-electron chi connectivity index (χ1n) is 5.95. The van der Waals surface area contributed by atoms with Gasteiger partial charge < -0.3 is 9.73 Å². The van der Waals surface area contributed by atoms with Gasteiger partial charge in [0.2, 0.25) is 12.3 Å². The van der Waals surface area contributed by atoms with Crippen LogP contribution in [0.3, 0.4) is 0 Å². The van der Waals surface area contributed by atoms with Crippen molar-refractivity contribution in [2.45, 2.75) is 13.0 Å². The first-order chi connectivity index (χ1) is 9.33. The summed E-state index contributed by atoms with van der Waals surface area (Å²) < 4.78 is 5.14. The normalized spacial score (nSPS) is 12.3. The van der Waals surface area contributed by atoms with Crippen LogP contribution in [-0.2, 0) is 0 Å². The lowest BCUT2D eigenvalue weighted by Crippen LogP contribution is -2.06. The monoisotopic (exact) mass is 255 g/mol. The van der Waals surface area contributed by atoms with Crippen molar-refractivity contribution in [1.82, 2.24) is 20.4 Å². The lowest BCUT2D eigenvalue weighted by Gasteiger charge is -2.13. The third-order valence-corrected chi connectivity index (χ3v) is 2.86. The highest BCUT2D eigenvalue weighted by Crippen LogP contribution is 2.21. The number of H-pyrrole nitrogens is 1. The second-order valence-corrected chi connectivity index (χ2v) is 4.20. The Bertz CT molecular complexity index is 616. The molecule has 3 aromatic rings. The minimum Gasteiger partial charge on any atom is -0.423 e. The highest BCUT2D eigenvalue weighted by molar-refractivity contribution is 5.58. The van der Waals surface area contributed by atoms with E-state index in [2.05, 4.69) is 32.6 Å². The SMILES string of the molecule is CC(Nc1ccc(-c2nnco2)cc1)c1ccn[nH]1. The van der Waals surface area contributed by atoms with Crippen molar-refractivity contribution in [3.63, 3.8) is 0 Å². The van der Waals surface area contributed by atoms with Gasteiger partial charge in [0.05, 0.1) is 11.7 Å². The molecule has 2 heterocycles. The highest BCUT2D eigenvalue weighted by Gasteiger charge is 2.07. The van der Waals surface area contributed by atoms with Gasteiger partial charge in [0.25, 0.3) is 0 Å². The van der Waals surface area contributed by atoms with Gasteiger partial charge in [0, 0.05) is 17.4 Å². The second-order valence-electron chi connectivity index (χ2n) is 4.20. The first kappa shape index (κ1) is 11.5. The molecule has 19 heavy (non-hydrogen) atoms. The van der Waals surface area contributed by atoms with E-state index in [1.165, 1.54) is 6.39 Å². The van der Waals surface area contributed by atoms with E-state index in [0.717, 1.165) is 16.9 Å². The molecule has 2 N–H and O–H groups in total. The van der Waals surface area contributed by atoms with Crippen LogP contribution < -0.4 is 5.32 Å². The van der Waals surface area contributed by atoms with Crippen molar-refractivity contribution in [3.05, 3.63) is 48.6 Å². The molecule has 6 nitrogen and oxygen atoms in total. The fourth-order valence-corrected chi connectivity index (χ4v) is 1.84. The Morgan fingerprint density at radius 2 is 2.05 bits per heavy atom. The topological polar surface area (TPSA) is 79.6 Å². The van der Waals surface area contributed by atoms with E-state index in [1.54, 1.807) is 6.20 Å². The van der Waals surface area contributed by atoms with Crippen LogP contribution in [0, 0.1) is 0 Å². The zero-order valence-corrected chi connectivity index (χ0v) is 10.4. The molecule has 0 radical (unpaired) electrons. The smallest absolute Gasteiger partial charge is 0.247 e. The van der Waals surface area contributed by atoms with Crippen molar-refractivity contribution >= 4 is 5.69 Å². The lowest BCUT2D eigenvalue weighted by atomic mass is 10.2. The van der Waals surface area contributed by atoms with E-state index in [4.69, 9.17) is 4.42 Å². The Morgan fingerprint density at radius 1 is 1.21 bits per heavy atom. The van der Waals surface area contributed by atoms with Crippen LogP contribution in [0.2, 0.25) is 0 Å². The lowest BCUT2D eigenvalue weighted by molar-refractivity contribution is 0.568. The Morgan fingerprint density at radius 3 is 2.68 bits per heavy atom. The van der Waals surface area contributed by atoms with Crippen LogP contribution in [-0.4, -0.2) is 20.4 Å². The molecule has 0 saturated carbocycles. The van der Waals surface area contributed by atoms with Crippen LogP contribution in [0.25, 0.3) is 11.5 Å². The molecule has 0 aliphatic carbocycles. The number of benzene rings is 1. The predicted molar refractivity (Wildman–Crippen MR) is 70.4 cm³/mol. The average Bonchev–Trinajstić information content (AvgIpc) is 3.13. The fraction of sp³-hybridized carbons (Fsp3) is 0.154. The summed E-state index contributed by atoms with van der Waals surface area (Å²) in [5.74, 6) is 0.521. The molecule has 2 aromatic heterocycles. The van der Waals surface area contributed by atoms with Gasteiger partial charge in [0.1, 0.15) is 0 Å². The van der Waals surface area contributed by atoms with Crippen molar-refractivity contribution in [3.8, 4) is 11.5 Å². The summed E-state index contributed by atoms with van der Waals surface area (Å²) in [5, 5.41) is 17.8. The summed E-state index contributed by atoms with van der Waals surface area (Å²) in [5.41, 5.74) is 2.96. The summed E-state index contributed by atoms with van der Waals surface area (Å²) in [7, 11) is 0. The molecule has 0 fully saturated rings. The maximum atomic E-state index is 5.14. The van der Waals surface area contributed by atoms with Crippen LogP contribution in [0.15, 0.2) is 47.3 Å². The first-order valence-corrected chi connectivity index (χ1v) is 5.95. The third kappa shape index (κ3) is 2.47. The number of anilines is 1. The van der Waals surface area contributed by atoms with Crippen molar-refractivity contribution in [1.29, 1.82) is 0 Å².